The lowest BCUT2D eigenvalue weighted by Crippen LogP contribution is -2.41. The number of nitrogens with zero attached hydrogens (tertiary/aromatic N) is 1. The van der Waals surface area contributed by atoms with Crippen molar-refractivity contribution in [2.45, 2.75) is 117 Å². The lowest BCUT2D eigenvalue weighted by molar-refractivity contribution is -0.144. The summed E-state index contributed by atoms with van der Waals surface area (Å²) in [6, 6.07) is -0.0707. The maximum absolute atomic E-state index is 12.9. The molecular weight excluding hydrogens is 454 g/mol. The van der Waals surface area contributed by atoms with Gasteiger partial charge in [-0.15, -0.1) is 0 Å². The molecule has 1 N–H and O–H groups in total. The monoisotopic (exact) mass is 503 g/mol. The fourth-order valence-corrected chi connectivity index (χ4v) is 5.35. The summed E-state index contributed by atoms with van der Waals surface area (Å²) in [4.78, 5) is 26.3. The van der Waals surface area contributed by atoms with E-state index in [1.807, 2.05) is 24.9 Å². The Kier molecular flexibility index (Phi) is 12.4. The van der Waals surface area contributed by atoms with E-state index >= 15 is 0 Å². The third-order valence-electron chi connectivity index (χ3n) is 7.67. The van der Waals surface area contributed by atoms with Gasteiger partial charge in [-0.25, -0.2) is 0 Å². The van der Waals surface area contributed by atoms with Gasteiger partial charge in [-0.3, -0.25) is 9.59 Å². The van der Waals surface area contributed by atoms with Crippen molar-refractivity contribution >= 4 is 11.9 Å². The Morgan fingerprint density at radius 2 is 1.97 bits per heavy atom. The average Bonchev–Trinajstić information content (AvgIpc) is 3.58. The summed E-state index contributed by atoms with van der Waals surface area (Å²) in [6.07, 6.45) is 16.1. The van der Waals surface area contributed by atoms with Crippen LogP contribution in [0.4, 0.5) is 0 Å². The molecule has 1 fully saturated rings. The van der Waals surface area contributed by atoms with E-state index in [-0.39, 0.29) is 54.2 Å². The fourth-order valence-electron chi connectivity index (χ4n) is 5.35. The molecule has 6 heteroatoms. The van der Waals surface area contributed by atoms with Gasteiger partial charge in [-0.2, -0.15) is 0 Å². The van der Waals surface area contributed by atoms with E-state index in [1.165, 1.54) is 6.92 Å². The molecule has 1 unspecified atom stereocenters. The van der Waals surface area contributed by atoms with Crippen LogP contribution < -0.4 is 0 Å². The third-order valence-corrected chi connectivity index (χ3v) is 7.67. The minimum atomic E-state index is -0.303. The SMILES string of the molecule is CC[C@H](O)[C@@H](C)[C@H]1O[C@@H]1C[C@H](C)C=CC=C(C)[C@@H]1[C@@H](C)C=CC(OC(C)=O)CCCCCC(=O)N1C. The number of epoxide rings is 1. The number of hydrogen-bond acceptors (Lipinski definition) is 5. The van der Waals surface area contributed by atoms with Crippen molar-refractivity contribution < 1.29 is 24.2 Å². The van der Waals surface area contributed by atoms with Gasteiger partial charge >= 0.3 is 5.97 Å². The van der Waals surface area contributed by atoms with Crippen molar-refractivity contribution in [3.8, 4) is 0 Å². The molecule has 2 aliphatic rings. The summed E-state index contributed by atoms with van der Waals surface area (Å²) < 4.78 is 11.3. The lowest BCUT2D eigenvalue weighted by atomic mass is 9.91. The molecule has 0 saturated carbocycles. The molecule has 6 nitrogen and oxygen atoms in total. The third kappa shape index (κ3) is 9.51. The van der Waals surface area contributed by atoms with Crippen LogP contribution in [0.15, 0.2) is 36.0 Å². The molecule has 2 rings (SSSR count). The molecule has 36 heavy (non-hydrogen) atoms. The van der Waals surface area contributed by atoms with E-state index in [1.54, 1.807) is 0 Å². The van der Waals surface area contributed by atoms with Crippen LogP contribution in [-0.2, 0) is 19.1 Å². The summed E-state index contributed by atoms with van der Waals surface area (Å²) in [5.41, 5.74) is 1.12. The number of aliphatic hydroxyl groups is 1. The molecule has 1 saturated heterocycles. The predicted octanol–water partition coefficient (Wildman–Crippen LogP) is 5.60. The molecule has 1 amide bonds. The van der Waals surface area contributed by atoms with Gasteiger partial charge in [0, 0.05) is 26.3 Å². The van der Waals surface area contributed by atoms with Crippen LogP contribution in [0.5, 0.6) is 0 Å². The molecule has 0 spiro atoms. The topological polar surface area (TPSA) is 79.4 Å². The van der Waals surface area contributed by atoms with Crippen LogP contribution in [0.25, 0.3) is 0 Å². The van der Waals surface area contributed by atoms with E-state index in [2.05, 4.69) is 52.0 Å². The Bertz CT molecular complexity index is 803. The van der Waals surface area contributed by atoms with Crippen molar-refractivity contribution in [1.82, 2.24) is 4.90 Å². The van der Waals surface area contributed by atoms with Crippen LogP contribution in [0.1, 0.15) is 86.5 Å². The molecule has 0 aromatic carbocycles. The maximum atomic E-state index is 12.9. The molecule has 0 aliphatic carbocycles. The Hall–Kier alpha value is -1.92. The molecule has 8 atom stereocenters. The van der Waals surface area contributed by atoms with Crippen molar-refractivity contribution in [2.75, 3.05) is 7.05 Å². The molecule has 2 heterocycles. The average molecular weight is 504 g/mol. The molecular formula is C30H49NO5. The van der Waals surface area contributed by atoms with Gasteiger partial charge in [0.15, 0.2) is 0 Å². The summed E-state index contributed by atoms with van der Waals surface area (Å²) in [5.74, 6) is 0.505. The first-order chi connectivity index (χ1) is 17.0. The molecule has 204 valence electrons. The zero-order chi connectivity index (χ0) is 26.8. The number of aliphatic hydroxyl groups excluding tert-OH is 1. The summed E-state index contributed by atoms with van der Waals surface area (Å²) in [7, 11) is 1.90. The van der Waals surface area contributed by atoms with Crippen LogP contribution >= 0.6 is 0 Å². The van der Waals surface area contributed by atoms with Gasteiger partial charge in [-0.05, 0) is 56.9 Å². The number of carbonyl (C=O) groups is 2. The smallest absolute Gasteiger partial charge is 0.303 e. The van der Waals surface area contributed by atoms with Gasteiger partial charge in [0.2, 0.25) is 5.91 Å². The number of carbonyl (C=O) groups excluding carboxylic acids is 2. The van der Waals surface area contributed by atoms with Crippen LogP contribution in [0, 0.1) is 17.8 Å². The Labute approximate surface area is 218 Å². The molecule has 0 radical (unpaired) electrons. The Morgan fingerprint density at radius 3 is 2.64 bits per heavy atom. The molecule has 0 aromatic rings. The molecule has 0 bridgehead atoms. The number of esters is 1. The highest BCUT2D eigenvalue weighted by Crippen LogP contribution is 2.36. The van der Waals surface area contributed by atoms with E-state index in [0.717, 1.165) is 44.1 Å². The van der Waals surface area contributed by atoms with Crippen molar-refractivity contribution in [2.24, 2.45) is 17.8 Å². The second-order valence-electron chi connectivity index (χ2n) is 10.9. The predicted molar refractivity (Wildman–Crippen MR) is 144 cm³/mol. The second-order valence-corrected chi connectivity index (χ2v) is 10.9. The van der Waals surface area contributed by atoms with Crippen LogP contribution in [0.3, 0.4) is 0 Å². The number of hydrogen-bond donors (Lipinski definition) is 1. The van der Waals surface area contributed by atoms with Crippen LogP contribution in [0.2, 0.25) is 0 Å². The number of rotatable bonds is 9. The molecule has 0 aromatic heterocycles. The minimum absolute atomic E-state index is 0.0707. The first kappa shape index (κ1) is 30.3. The maximum Gasteiger partial charge on any atom is 0.303 e. The normalized spacial score (nSPS) is 30.9. The van der Waals surface area contributed by atoms with Crippen LogP contribution in [-0.4, -0.2) is 59.4 Å². The number of likely N-dealkylation sites (N-methyl/N-ethyl adjacent to an activating group) is 1. The van der Waals surface area contributed by atoms with Gasteiger partial charge in [0.25, 0.3) is 0 Å². The summed E-state index contributed by atoms with van der Waals surface area (Å²) in [5, 5.41) is 10.1. The first-order valence-corrected chi connectivity index (χ1v) is 13.8. The van der Waals surface area contributed by atoms with Gasteiger partial charge in [-0.1, -0.05) is 64.0 Å². The highest BCUT2D eigenvalue weighted by atomic mass is 16.6. The van der Waals surface area contributed by atoms with E-state index in [9.17, 15) is 14.7 Å². The number of amides is 1. The number of ether oxygens (including phenoxy) is 2. The van der Waals surface area contributed by atoms with E-state index < -0.39 is 0 Å². The summed E-state index contributed by atoms with van der Waals surface area (Å²) in [6.45, 7) is 11.9. The zero-order valence-electron chi connectivity index (χ0n) is 23.5. The first-order valence-electron chi connectivity index (χ1n) is 13.8. The van der Waals surface area contributed by atoms with Gasteiger partial charge in [0.1, 0.15) is 6.10 Å². The highest BCUT2D eigenvalue weighted by molar-refractivity contribution is 5.76. The van der Waals surface area contributed by atoms with Gasteiger partial charge < -0.3 is 19.5 Å². The molecule has 2 aliphatic heterocycles. The zero-order valence-corrected chi connectivity index (χ0v) is 23.5. The Morgan fingerprint density at radius 1 is 1.25 bits per heavy atom. The minimum Gasteiger partial charge on any atom is -0.458 e. The van der Waals surface area contributed by atoms with Gasteiger partial charge in [0.05, 0.1) is 24.4 Å². The largest absolute Gasteiger partial charge is 0.458 e. The lowest BCUT2D eigenvalue weighted by Gasteiger charge is -2.33. The standard InChI is InChI=1S/C30H49NO5/c1-8-26(33)23(5)30-27(36-30)19-20(2)13-12-14-21(3)29-22(4)17-18-25(35-24(6)32)15-10-9-11-16-28(34)31(29)7/h12-14,17-18,20,22-23,25-27,29-30,33H,8-11,15-16,19H2,1-7H3/t20-,22+,23-,25?,26+,27-,29-,30-/m1/s1. The Balaban J connectivity index is 2.07. The van der Waals surface area contributed by atoms with E-state index in [0.29, 0.717) is 12.3 Å². The van der Waals surface area contributed by atoms with Crippen molar-refractivity contribution in [3.05, 3.63) is 36.0 Å². The van der Waals surface area contributed by atoms with Crippen molar-refractivity contribution in [3.63, 3.8) is 0 Å². The quantitative estimate of drug-likeness (QED) is 0.192. The second kappa shape index (κ2) is 14.7. The van der Waals surface area contributed by atoms with Crippen molar-refractivity contribution in [1.29, 1.82) is 0 Å². The number of allylic oxidation sites excluding steroid dienone is 3. The highest BCUT2D eigenvalue weighted by Gasteiger charge is 2.44. The fraction of sp³-hybridized carbons (Fsp3) is 0.733. The summed E-state index contributed by atoms with van der Waals surface area (Å²) >= 11 is 0. The van der Waals surface area contributed by atoms with E-state index in [4.69, 9.17) is 9.47 Å².